The van der Waals surface area contributed by atoms with Gasteiger partial charge in [0.15, 0.2) is 0 Å². The van der Waals surface area contributed by atoms with E-state index in [0.717, 1.165) is 40.1 Å². The Hall–Kier alpha value is -3.36. The normalized spacial score (nSPS) is 16.1. The molecule has 1 amide bonds. The minimum absolute atomic E-state index is 0.128. The van der Waals surface area contributed by atoms with Gasteiger partial charge in [0.05, 0.1) is 17.9 Å². The van der Waals surface area contributed by atoms with Crippen molar-refractivity contribution in [2.24, 2.45) is 0 Å². The van der Waals surface area contributed by atoms with Gasteiger partial charge < -0.3 is 10.8 Å². The number of aryl methyl sites for hydroxylation is 2. The second-order valence-corrected chi connectivity index (χ2v) is 7.21. The molecule has 0 saturated carbocycles. The smallest absolute Gasteiger partial charge is 0.277 e. The number of hydroxylamine groups is 2. The molecular formula is C22H23N5O3. The average molecular weight is 405 g/mol. The Kier molecular flexibility index (Phi) is 5.43. The number of amides is 1. The maximum atomic E-state index is 12.7. The quantitative estimate of drug-likeness (QED) is 0.685. The summed E-state index contributed by atoms with van der Waals surface area (Å²) >= 11 is 0. The van der Waals surface area contributed by atoms with E-state index in [9.17, 15) is 9.90 Å². The number of hydrogen-bond donors (Lipinski definition) is 2. The zero-order chi connectivity index (χ0) is 21.3. The fourth-order valence-electron chi connectivity index (χ4n) is 3.57. The van der Waals surface area contributed by atoms with Gasteiger partial charge in [-0.3, -0.25) is 9.63 Å². The Labute approximate surface area is 174 Å². The minimum atomic E-state index is -0.655. The van der Waals surface area contributed by atoms with Crippen molar-refractivity contribution in [3.8, 4) is 22.4 Å². The van der Waals surface area contributed by atoms with Crippen LogP contribution in [-0.4, -0.2) is 50.3 Å². The highest BCUT2D eigenvalue weighted by molar-refractivity contribution is 5.96. The molecule has 1 aliphatic rings. The van der Waals surface area contributed by atoms with Gasteiger partial charge in [0.2, 0.25) is 0 Å². The highest BCUT2D eigenvalue weighted by Gasteiger charge is 2.28. The van der Waals surface area contributed by atoms with Crippen molar-refractivity contribution < 1.29 is 14.7 Å². The third-order valence-electron chi connectivity index (χ3n) is 5.09. The topological polar surface area (TPSA) is 114 Å². The van der Waals surface area contributed by atoms with Gasteiger partial charge in [-0.25, -0.2) is 20.0 Å². The molecule has 8 heteroatoms. The summed E-state index contributed by atoms with van der Waals surface area (Å²) in [5.74, 6) is 0.179. The number of carbonyl (C=O) groups excluding carboxylic acids is 1. The highest BCUT2D eigenvalue weighted by Crippen LogP contribution is 2.33. The maximum absolute atomic E-state index is 12.7. The first-order valence-corrected chi connectivity index (χ1v) is 9.77. The number of rotatable bonds is 4. The van der Waals surface area contributed by atoms with Crippen LogP contribution in [-0.2, 0) is 11.3 Å². The summed E-state index contributed by atoms with van der Waals surface area (Å²) in [7, 11) is 0. The summed E-state index contributed by atoms with van der Waals surface area (Å²) < 4.78 is 0. The van der Waals surface area contributed by atoms with Crippen molar-refractivity contribution in [1.29, 1.82) is 0 Å². The van der Waals surface area contributed by atoms with Crippen LogP contribution in [0.1, 0.15) is 28.5 Å². The average Bonchev–Trinajstić information content (AvgIpc) is 3.19. The summed E-state index contributed by atoms with van der Waals surface area (Å²) in [6, 6.07) is 9.21. The number of aromatic nitrogens is 3. The fourth-order valence-corrected chi connectivity index (χ4v) is 3.57. The van der Waals surface area contributed by atoms with E-state index in [0.29, 0.717) is 11.4 Å². The van der Waals surface area contributed by atoms with Crippen LogP contribution < -0.4 is 5.73 Å². The Morgan fingerprint density at radius 2 is 2.03 bits per heavy atom. The lowest BCUT2D eigenvalue weighted by atomic mass is 9.95. The first-order valence-electron chi connectivity index (χ1n) is 9.77. The maximum Gasteiger partial charge on any atom is 0.277 e. The molecule has 1 aromatic carbocycles. The Morgan fingerprint density at radius 1 is 1.23 bits per heavy atom. The van der Waals surface area contributed by atoms with Crippen molar-refractivity contribution in [2.45, 2.75) is 26.4 Å². The largest absolute Gasteiger partial charge is 0.389 e. The summed E-state index contributed by atoms with van der Waals surface area (Å²) in [4.78, 5) is 31.2. The van der Waals surface area contributed by atoms with E-state index in [-0.39, 0.29) is 19.1 Å². The number of nitrogen functional groups attached to an aromatic ring is 1. The number of pyridine rings is 1. The molecule has 0 spiro atoms. The molecule has 1 fully saturated rings. The van der Waals surface area contributed by atoms with Crippen molar-refractivity contribution in [2.75, 3.05) is 18.9 Å². The van der Waals surface area contributed by atoms with Gasteiger partial charge in [-0.1, -0.05) is 13.0 Å². The summed E-state index contributed by atoms with van der Waals surface area (Å²) in [6.07, 6.45) is 3.35. The number of β-amino-alcohol motifs (C(OH)–C–C–N with tert-alkyl or cyclic N) is 1. The number of anilines is 1. The third kappa shape index (κ3) is 3.74. The van der Waals surface area contributed by atoms with Gasteiger partial charge in [0.25, 0.3) is 5.91 Å². The van der Waals surface area contributed by atoms with E-state index in [1.807, 2.05) is 32.0 Å². The van der Waals surface area contributed by atoms with Crippen LogP contribution in [0, 0.1) is 6.92 Å². The molecule has 0 bridgehead atoms. The standard InChI is InChI=1S/C22H23N5O3/c1-3-18-20(15-5-7-19(23)24-9-15)21(26-12-25-18)14-4-6-17(13(2)8-14)22(29)27-10-16(28)11-30-27/h4-9,12,16,28H,3,10-11H2,1-2H3,(H2,23,24). The zero-order valence-electron chi connectivity index (χ0n) is 16.9. The monoisotopic (exact) mass is 405 g/mol. The van der Waals surface area contributed by atoms with E-state index in [2.05, 4.69) is 15.0 Å². The molecular weight excluding hydrogens is 382 g/mol. The van der Waals surface area contributed by atoms with Crippen LogP contribution in [0.2, 0.25) is 0 Å². The molecule has 4 rings (SSSR count). The lowest BCUT2D eigenvalue weighted by Crippen LogP contribution is -2.29. The van der Waals surface area contributed by atoms with Crippen molar-refractivity contribution in [3.63, 3.8) is 0 Å². The van der Waals surface area contributed by atoms with Crippen molar-refractivity contribution >= 4 is 11.7 Å². The van der Waals surface area contributed by atoms with E-state index in [4.69, 9.17) is 10.6 Å². The second kappa shape index (κ2) is 8.17. The summed E-state index contributed by atoms with van der Waals surface area (Å²) in [5, 5.41) is 10.8. The van der Waals surface area contributed by atoms with E-state index >= 15 is 0 Å². The molecule has 3 N–H and O–H groups in total. The van der Waals surface area contributed by atoms with Gasteiger partial charge >= 0.3 is 0 Å². The third-order valence-corrected chi connectivity index (χ3v) is 5.09. The zero-order valence-corrected chi connectivity index (χ0v) is 16.9. The molecule has 0 radical (unpaired) electrons. The highest BCUT2D eigenvalue weighted by atomic mass is 16.7. The molecule has 3 aromatic rings. The summed E-state index contributed by atoms with van der Waals surface area (Å²) in [5.41, 5.74) is 11.4. The van der Waals surface area contributed by atoms with E-state index < -0.39 is 6.10 Å². The minimum Gasteiger partial charge on any atom is -0.389 e. The number of nitrogens with zero attached hydrogens (tertiary/aromatic N) is 4. The van der Waals surface area contributed by atoms with Crippen LogP contribution in [0.3, 0.4) is 0 Å². The predicted octanol–water partition coefficient (Wildman–Crippen LogP) is 2.41. The Morgan fingerprint density at radius 3 is 2.67 bits per heavy atom. The molecule has 154 valence electrons. The van der Waals surface area contributed by atoms with Gasteiger partial charge in [-0.05, 0) is 43.2 Å². The molecule has 0 aliphatic carbocycles. The summed E-state index contributed by atoms with van der Waals surface area (Å²) in [6.45, 7) is 4.20. The van der Waals surface area contributed by atoms with Gasteiger partial charge in [0.1, 0.15) is 24.9 Å². The van der Waals surface area contributed by atoms with Crippen LogP contribution in [0.4, 0.5) is 5.82 Å². The van der Waals surface area contributed by atoms with Crippen LogP contribution >= 0.6 is 0 Å². The Bertz CT molecular complexity index is 1080. The lowest BCUT2D eigenvalue weighted by molar-refractivity contribution is -0.0780. The Balaban J connectivity index is 1.75. The van der Waals surface area contributed by atoms with Crippen molar-refractivity contribution in [3.05, 3.63) is 59.7 Å². The van der Waals surface area contributed by atoms with Gasteiger partial charge in [0, 0.05) is 28.5 Å². The number of aliphatic hydroxyl groups excluding tert-OH is 1. The molecule has 1 atom stereocenters. The number of aliphatic hydroxyl groups is 1. The van der Waals surface area contributed by atoms with E-state index in [1.165, 1.54) is 5.06 Å². The number of benzene rings is 1. The van der Waals surface area contributed by atoms with E-state index in [1.54, 1.807) is 24.7 Å². The molecule has 8 nitrogen and oxygen atoms in total. The van der Waals surface area contributed by atoms with Gasteiger partial charge in [-0.2, -0.15) is 0 Å². The number of nitrogens with two attached hydrogens (primary N) is 1. The number of hydrogen-bond acceptors (Lipinski definition) is 7. The number of carbonyl (C=O) groups is 1. The molecule has 30 heavy (non-hydrogen) atoms. The van der Waals surface area contributed by atoms with Crippen molar-refractivity contribution in [1.82, 2.24) is 20.0 Å². The molecule has 1 aliphatic heterocycles. The molecule has 2 aromatic heterocycles. The van der Waals surface area contributed by atoms with Crippen LogP contribution in [0.25, 0.3) is 22.4 Å². The van der Waals surface area contributed by atoms with Crippen LogP contribution in [0.15, 0.2) is 42.9 Å². The van der Waals surface area contributed by atoms with Gasteiger partial charge in [-0.15, -0.1) is 0 Å². The predicted molar refractivity (Wildman–Crippen MR) is 112 cm³/mol. The fraction of sp³-hybridized carbons (Fsp3) is 0.273. The lowest BCUT2D eigenvalue weighted by Gasteiger charge is -2.17. The SMILES string of the molecule is CCc1ncnc(-c2ccc(C(=O)N3CC(O)CO3)c(C)c2)c1-c1ccc(N)nc1. The molecule has 1 unspecified atom stereocenters. The molecule has 3 heterocycles. The first kappa shape index (κ1) is 19.9. The molecule has 1 saturated heterocycles. The van der Waals surface area contributed by atoms with Crippen LogP contribution in [0.5, 0.6) is 0 Å². The first-order chi connectivity index (χ1) is 14.5. The second-order valence-electron chi connectivity index (χ2n) is 7.21.